The zero-order valence-corrected chi connectivity index (χ0v) is 12.4. The number of halogens is 1. The molecule has 0 fully saturated rings. The second kappa shape index (κ2) is 5.28. The average molecular weight is 287 g/mol. The van der Waals surface area contributed by atoms with Crippen molar-refractivity contribution in [1.29, 1.82) is 0 Å². The molecule has 3 rings (SSSR count). The minimum atomic E-state index is -0.407. The Bertz CT molecular complexity index is 685. The average Bonchev–Trinajstić information content (AvgIpc) is 2.46. The van der Waals surface area contributed by atoms with Crippen LogP contribution in [0.5, 0.6) is 11.5 Å². The third-order valence-corrected chi connectivity index (χ3v) is 3.71. The van der Waals surface area contributed by atoms with Gasteiger partial charge in [0.2, 0.25) is 0 Å². The van der Waals surface area contributed by atoms with Crippen LogP contribution in [0.4, 0.5) is 10.1 Å². The number of hydrogen-bond acceptors (Lipinski definition) is 3. The molecule has 1 aliphatic rings. The van der Waals surface area contributed by atoms with E-state index in [2.05, 4.69) is 11.4 Å². The fraction of sp³-hybridized carbons (Fsp3) is 0.294. The van der Waals surface area contributed by atoms with Crippen molar-refractivity contribution in [3.05, 3.63) is 52.8 Å². The Labute approximate surface area is 123 Å². The summed E-state index contributed by atoms with van der Waals surface area (Å²) in [5.41, 5.74) is 3.62. The van der Waals surface area contributed by atoms with Gasteiger partial charge in [-0.05, 0) is 43.2 Å². The molecule has 1 unspecified atom stereocenters. The molecule has 21 heavy (non-hydrogen) atoms. The Morgan fingerprint density at radius 1 is 1.29 bits per heavy atom. The van der Waals surface area contributed by atoms with E-state index in [1.54, 1.807) is 12.1 Å². The van der Waals surface area contributed by atoms with Crippen molar-refractivity contribution in [2.75, 3.05) is 19.0 Å². The molecule has 1 heterocycles. The highest BCUT2D eigenvalue weighted by molar-refractivity contribution is 5.63. The number of aryl methyl sites for hydroxylation is 2. The molecule has 3 nitrogen and oxygen atoms in total. The van der Waals surface area contributed by atoms with E-state index >= 15 is 0 Å². The molecule has 0 saturated carbocycles. The topological polar surface area (TPSA) is 30.5 Å². The maximum atomic E-state index is 14.2. The first kappa shape index (κ1) is 13.7. The van der Waals surface area contributed by atoms with Gasteiger partial charge in [-0.2, -0.15) is 0 Å². The molecule has 0 radical (unpaired) electrons. The highest BCUT2D eigenvalue weighted by Crippen LogP contribution is 2.40. The van der Waals surface area contributed by atoms with Crippen LogP contribution in [0.25, 0.3) is 0 Å². The lowest BCUT2D eigenvalue weighted by Crippen LogP contribution is -2.25. The van der Waals surface area contributed by atoms with E-state index in [-0.39, 0.29) is 5.82 Å². The van der Waals surface area contributed by atoms with Gasteiger partial charge < -0.3 is 14.8 Å². The van der Waals surface area contributed by atoms with Crippen molar-refractivity contribution in [2.45, 2.75) is 20.0 Å². The second-order valence-electron chi connectivity index (χ2n) is 5.30. The van der Waals surface area contributed by atoms with Crippen molar-refractivity contribution < 1.29 is 13.9 Å². The predicted molar refractivity (Wildman–Crippen MR) is 80.7 cm³/mol. The first-order chi connectivity index (χ1) is 10.1. The summed E-state index contributed by atoms with van der Waals surface area (Å²) >= 11 is 0. The lowest BCUT2D eigenvalue weighted by Gasteiger charge is -2.30. The largest absolute Gasteiger partial charge is 0.496 e. The Kier molecular flexibility index (Phi) is 3.45. The Morgan fingerprint density at radius 3 is 2.86 bits per heavy atom. The van der Waals surface area contributed by atoms with Crippen molar-refractivity contribution in [1.82, 2.24) is 0 Å². The van der Waals surface area contributed by atoms with Crippen LogP contribution < -0.4 is 14.8 Å². The predicted octanol–water partition coefficient (Wildman–Crippen LogP) is 4.00. The van der Waals surface area contributed by atoms with Gasteiger partial charge >= 0.3 is 0 Å². The van der Waals surface area contributed by atoms with Crippen molar-refractivity contribution >= 4 is 5.69 Å². The highest BCUT2D eigenvalue weighted by atomic mass is 19.1. The van der Waals surface area contributed by atoms with E-state index in [9.17, 15) is 4.39 Å². The van der Waals surface area contributed by atoms with Gasteiger partial charge in [0, 0.05) is 0 Å². The quantitative estimate of drug-likeness (QED) is 0.905. The molecule has 2 aromatic carbocycles. The number of anilines is 1. The number of rotatable bonds is 2. The maximum absolute atomic E-state index is 14.2. The number of hydrogen-bond donors (Lipinski definition) is 1. The maximum Gasteiger partial charge on any atom is 0.147 e. The van der Waals surface area contributed by atoms with Crippen molar-refractivity contribution in [3.63, 3.8) is 0 Å². The Hall–Kier alpha value is -2.23. The second-order valence-corrected chi connectivity index (χ2v) is 5.30. The zero-order valence-electron chi connectivity index (χ0n) is 12.4. The van der Waals surface area contributed by atoms with Gasteiger partial charge in [-0.3, -0.25) is 0 Å². The number of ether oxygens (including phenoxy) is 2. The van der Waals surface area contributed by atoms with Crippen LogP contribution in [0.3, 0.4) is 0 Å². The normalized spacial score (nSPS) is 16.7. The summed E-state index contributed by atoms with van der Waals surface area (Å²) in [6.07, 6.45) is -0.407. The minimum Gasteiger partial charge on any atom is -0.496 e. The first-order valence-corrected chi connectivity index (χ1v) is 6.94. The number of nitrogens with one attached hydrogen (secondary N) is 1. The highest BCUT2D eigenvalue weighted by Gasteiger charge is 2.27. The van der Waals surface area contributed by atoms with Crippen LogP contribution in [-0.2, 0) is 0 Å². The van der Waals surface area contributed by atoms with Gasteiger partial charge in [0.15, 0.2) is 0 Å². The van der Waals surface area contributed by atoms with Crippen molar-refractivity contribution in [3.8, 4) is 11.5 Å². The summed E-state index contributed by atoms with van der Waals surface area (Å²) in [7, 11) is 1.54. The van der Waals surface area contributed by atoms with E-state index < -0.39 is 6.10 Å². The molecule has 0 aromatic heterocycles. The molecule has 0 aliphatic carbocycles. The zero-order chi connectivity index (χ0) is 15.0. The monoisotopic (exact) mass is 287 g/mol. The molecular formula is C17H18FNO2. The number of methoxy groups -OCH3 is 1. The van der Waals surface area contributed by atoms with E-state index in [0.717, 1.165) is 17.0 Å². The fourth-order valence-corrected chi connectivity index (χ4v) is 2.80. The van der Waals surface area contributed by atoms with Gasteiger partial charge in [-0.1, -0.05) is 12.1 Å². The van der Waals surface area contributed by atoms with Gasteiger partial charge in [0.25, 0.3) is 0 Å². The first-order valence-electron chi connectivity index (χ1n) is 6.94. The summed E-state index contributed by atoms with van der Waals surface area (Å²) in [4.78, 5) is 0. The van der Waals surface area contributed by atoms with Crippen LogP contribution in [0.1, 0.15) is 22.8 Å². The summed E-state index contributed by atoms with van der Waals surface area (Å²) in [6, 6.07) is 8.91. The minimum absolute atomic E-state index is 0.311. The molecule has 2 aromatic rings. The summed E-state index contributed by atoms with van der Waals surface area (Å²) in [6.45, 7) is 4.54. The van der Waals surface area contributed by atoms with Crippen LogP contribution in [0.2, 0.25) is 0 Å². The van der Waals surface area contributed by atoms with E-state index in [1.165, 1.54) is 18.7 Å². The van der Waals surface area contributed by atoms with Crippen LogP contribution in [0.15, 0.2) is 30.3 Å². The third-order valence-electron chi connectivity index (χ3n) is 3.71. The van der Waals surface area contributed by atoms with Gasteiger partial charge in [0.1, 0.15) is 23.4 Å². The number of fused-ring (bicyclic) bond motifs is 1. The lowest BCUT2D eigenvalue weighted by molar-refractivity contribution is 0.198. The molecule has 0 spiro atoms. The molecule has 4 heteroatoms. The Morgan fingerprint density at radius 2 is 2.10 bits per heavy atom. The molecule has 0 bridgehead atoms. The lowest BCUT2D eigenvalue weighted by atomic mass is 10.0. The smallest absolute Gasteiger partial charge is 0.147 e. The molecule has 0 amide bonds. The molecule has 110 valence electrons. The van der Waals surface area contributed by atoms with Gasteiger partial charge in [-0.15, -0.1) is 0 Å². The van der Waals surface area contributed by atoms with E-state index in [0.29, 0.717) is 17.9 Å². The fourth-order valence-electron chi connectivity index (χ4n) is 2.80. The van der Waals surface area contributed by atoms with Gasteiger partial charge in [-0.25, -0.2) is 4.39 Å². The Balaban J connectivity index is 2.01. The van der Waals surface area contributed by atoms with E-state index in [4.69, 9.17) is 9.47 Å². The number of benzene rings is 2. The molecule has 1 N–H and O–H groups in total. The van der Waals surface area contributed by atoms with Crippen LogP contribution >= 0.6 is 0 Å². The summed E-state index contributed by atoms with van der Waals surface area (Å²) in [5.74, 6) is 0.978. The van der Waals surface area contributed by atoms with Crippen LogP contribution in [0, 0.1) is 19.7 Å². The molecule has 1 atom stereocenters. The SMILES string of the molecule is COc1cccc(F)c1C1CNc2cc(C)cc(C)c2O1. The van der Waals surface area contributed by atoms with Crippen LogP contribution in [-0.4, -0.2) is 13.7 Å². The summed E-state index contributed by atoms with van der Waals surface area (Å²) < 4.78 is 25.5. The van der Waals surface area contributed by atoms with E-state index in [1.807, 2.05) is 19.9 Å². The third kappa shape index (κ3) is 2.42. The molecular weight excluding hydrogens is 269 g/mol. The van der Waals surface area contributed by atoms with Crippen molar-refractivity contribution in [2.24, 2.45) is 0 Å². The van der Waals surface area contributed by atoms with Gasteiger partial charge in [0.05, 0.1) is 24.9 Å². The molecule has 1 aliphatic heterocycles. The summed E-state index contributed by atoms with van der Waals surface area (Å²) in [5, 5.41) is 3.32. The standard InChI is InChI=1S/C17H18FNO2/c1-10-7-11(2)17-13(8-10)19-9-15(21-17)16-12(18)5-4-6-14(16)20-3/h4-8,15,19H,9H2,1-3H3. The molecule has 0 saturated heterocycles.